The van der Waals surface area contributed by atoms with Crippen LogP contribution in [0.15, 0.2) is 65.2 Å². The summed E-state index contributed by atoms with van der Waals surface area (Å²) >= 11 is 0. The van der Waals surface area contributed by atoms with Crippen LogP contribution in [0, 0.1) is 0 Å². The molecule has 6 heteroatoms. The Morgan fingerprint density at radius 2 is 1.76 bits per heavy atom. The number of hydrogen-bond donors (Lipinski definition) is 0. The molecule has 1 aliphatic heterocycles. The first-order valence-corrected chi connectivity index (χ1v) is 8.16. The van der Waals surface area contributed by atoms with Gasteiger partial charge in [-0.25, -0.2) is 0 Å². The fourth-order valence-electron chi connectivity index (χ4n) is 2.82. The van der Waals surface area contributed by atoms with Gasteiger partial charge in [0.1, 0.15) is 0 Å². The number of carbonyl (C=O) groups excluding carboxylic acids is 1. The predicted molar refractivity (Wildman–Crippen MR) is 90.8 cm³/mol. The summed E-state index contributed by atoms with van der Waals surface area (Å²) in [6.45, 7) is 1.38. The van der Waals surface area contributed by atoms with E-state index in [1.807, 2.05) is 60.7 Å². The van der Waals surface area contributed by atoms with E-state index in [1.54, 1.807) is 4.90 Å². The minimum Gasteiger partial charge on any atom is -0.365 e. The van der Waals surface area contributed by atoms with E-state index in [4.69, 9.17) is 9.26 Å². The van der Waals surface area contributed by atoms with E-state index >= 15 is 0 Å². The fourth-order valence-corrected chi connectivity index (χ4v) is 2.82. The second-order valence-corrected chi connectivity index (χ2v) is 5.80. The van der Waals surface area contributed by atoms with Crippen molar-refractivity contribution in [2.24, 2.45) is 0 Å². The molecule has 1 aromatic heterocycles. The second-order valence-electron chi connectivity index (χ2n) is 5.80. The number of rotatable bonds is 3. The van der Waals surface area contributed by atoms with E-state index in [1.165, 1.54) is 0 Å². The topological polar surface area (TPSA) is 68.5 Å². The van der Waals surface area contributed by atoms with Crippen LogP contribution in [0.2, 0.25) is 0 Å². The first kappa shape index (κ1) is 15.5. The summed E-state index contributed by atoms with van der Waals surface area (Å²) in [6, 6.07) is 18.8. The van der Waals surface area contributed by atoms with Crippen molar-refractivity contribution in [3.05, 3.63) is 72.1 Å². The Morgan fingerprint density at radius 1 is 1.04 bits per heavy atom. The van der Waals surface area contributed by atoms with Crippen LogP contribution in [0.5, 0.6) is 0 Å². The molecule has 0 bridgehead atoms. The van der Waals surface area contributed by atoms with Gasteiger partial charge in [-0.15, -0.1) is 0 Å². The smallest absolute Gasteiger partial charge is 0.257 e. The summed E-state index contributed by atoms with van der Waals surface area (Å²) in [5, 5.41) is 4.02. The lowest BCUT2D eigenvalue weighted by Gasteiger charge is -2.31. The number of morpholine rings is 1. The third-order valence-electron chi connectivity index (χ3n) is 4.12. The minimum atomic E-state index is -0.411. The maximum absolute atomic E-state index is 12.6. The standard InChI is InChI=1S/C19H17N3O3/c23-19(15-9-5-2-6-10-15)22-11-12-24-16(13-22)18-20-17(21-25-18)14-7-3-1-4-8-14/h1-10,16H,11-13H2. The monoisotopic (exact) mass is 335 g/mol. The molecule has 0 N–H and O–H groups in total. The first-order valence-electron chi connectivity index (χ1n) is 8.16. The van der Waals surface area contributed by atoms with Crippen LogP contribution < -0.4 is 0 Å². The summed E-state index contributed by atoms with van der Waals surface area (Å²) < 4.78 is 11.1. The molecule has 1 aliphatic rings. The van der Waals surface area contributed by atoms with Gasteiger partial charge in [0.15, 0.2) is 6.10 Å². The molecular weight excluding hydrogens is 318 g/mol. The van der Waals surface area contributed by atoms with Crippen molar-refractivity contribution in [2.45, 2.75) is 6.10 Å². The van der Waals surface area contributed by atoms with E-state index < -0.39 is 6.10 Å². The Balaban J connectivity index is 1.50. The van der Waals surface area contributed by atoms with Crippen molar-refractivity contribution >= 4 is 5.91 Å². The number of amides is 1. The lowest BCUT2D eigenvalue weighted by Crippen LogP contribution is -2.42. The van der Waals surface area contributed by atoms with Crippen LogP contribution >= 0.6 is 0 Å². The van der Waals surface area contributed by atoms with Gasteiger partial charge in [-0.2, -0.15) is 4.98 Å². The van der Waals surface area contributed by atoms with Crippen LogP contribution in [-0.4, -0.2) is 40.6 Å². The zero-order chi connectivity index (χ0) is 17.1. The van der Waals surface area contributed by atoms with Crippen LogP contribution in [0.1, 0.15) is 22.4 Å². The Bertz CT molecular complexity index is 849. The number of hydrogen-bond acceptors (Lipinski definition) is 5. The average Bonchev–Trinajstić information content (AvgIpc) is 3.19. The molecule has 3 aromatic rings. The van der Waals surface area contributed by atoms with Crippen molar-refractivity contribution in [3.63, 3.8) is 0 Å². The number of nitrogens with zero attached hydrogens (tertiary/aromatic N) is 3. The summed E-state index contributed by atoms with van der Waals surface area (Å²) in [5.41, 5.74) is 1.55. The van der Waals surface area contributed by atoms with Crippen molar-refractivity contribution in [1.29, 1.82) is 0 Å². The molecule has 1 unspecified atom stereocenters. The van der Waals surface area contributed by atoms with Crippen LogP contribution in [0.25, 0.3) is 11.4 Å². The van der Waals surface area contributed by atoms with Gasteiger partial charge in [0.2, 0.25) is 5.82 Å². The summed E-state index contributed by atoms with van der Waals surface area (Å²) in [6.07, 6.45) is -0.411. The SMILES string of the molecule is O=C(c1ccccc1)N1CCOC(c2nc(-c3ccccc3)no2)C1. The van der Waals surface area contributed by atoms with Crippen LogP contribution in [-0.2, 0) is 4.74 Å². The van der Waals surface area contributed by atoms with E-state index in [9.17, 15) is 4.79 Å². The first-order chi connectivity index (χ1) is 12.3. The Labute approximate surface area is 145 Å². The quantitative estimate of drug-likeness (QED) is 0.736. The molecule has 1 atom stereocenters. The van der Waals surface area contributed by atoms with E-state index in [0.29, 0.717) is 37.0 Å². The molecule has 0 aliphatic carbocycles. The zero-order valence-electron chi connectivity index (χ0n) is 13.5. The van der Waals surface area contributed by atoms with Crippen molar-refractivity contribution in [1.82, 2.24) is 15.0 Å². The molecule has 1 fully saturated rings. The van der Waals surface area contributed by atoms with Gasteiger partial charge < -0.3 is 14.2 Å². The van der Waals surface area contributed by atoms with Crippen molar-refractivity contribution < 1.29 is 14.1 Å². The fraction of sp³-hybridized carbons (Fsp3) is 0.211. The number of carbonyl (C=O) groups is 1. The van der Waals surface area contributed by atoms with Gasteiger partial charge in [-0.1, -0.05) is 53.7 Å². The third-order valence-corrected chi connectivity index (χ3v) is 4.12. The predicted octanol–water partition coefficient (Wildman–Crippen LogP) is 2.95. The highest BCUT2D eigenvalue weighted by Gasteiger charge is 2.30. The Hall–Kier alpha value is -2.99. The van der Waals surface area contributed by atoms with E-state index in [0.717, 1.165) is 5.56 Å². The van der Waals surface area contributed by atoms with E-state index in [2.05, 4.69) is 10.1 Å². The highest BCUT2D eigenvalue weighted by Crippen LogP contribution is 2.24. The average molecular weight is 335 g/mol. The van der Waals surface area contributed by atoms with Gasteiger partial charge in [0.25, 0.3) is 11.8 Å². The van der Waals surface area contributed by atoms with Crippen molar-refractivity contribution in [2.75, 3.05) is 19.7 Å². The normalized spacial score (nSPS) is 17.4. The van der Waals surface area contributed by atoms with Crippen LogP contribution in [0.3, 0.4) is 0 Å². The molecule has 1 saturated heterocycles. The third kappa shape index (κ3) is 3.29. The highest BCUT2D eigenvalue weighted by atomic mass is 16.5. The van der Waals surface area contributed by atoms with Gasteiger partial charge in [-0.05, 0) is 12.1 Å². The molecule has 2 aromatic carbocycles. The number of ether oxygens (including phenoxy) is 1. The number of aromatic nitrogens is 2. The van der Waals surface area contributed by atoms with Gasteiger partial charge in [0.05, 0.1) is 13.2 Å². The maximum atomic E-state index is 12.6. The lowest BCUT2D eigenvalue weighted by molar-refractivity contribution is -0.0367. The van der Waals surface area contributed by atoms with Gasteiger partial charge in [-0.3, -0.25) is 4.79 Å². The molecule has 25 heavy (non-hydrogen) atoms. The van der Waals surface area contributed by atoms with Crippen molar-refractivity contribution in [3.8, 4) is 11.4 Å². The number of benzene rings is 2. The molecule has 0 radical (unpaired) electrons. The zero-order valence-corrected chi connectivity index (χ0v) is 13.5. The van der Waals surface area contributed by atoms with Crippen LogP contribution in [0.4, 0.5) is 0 Å². The van der Waals surface area contributed by atoms with E-state index in [-0.39, 0.29) is 5.91 Å². The largest absolute Gasteiger partial charge is 0.365 e. The molecule has 2 heterocycles. The summed E-state index contributed by atoms with van der Waals surface area (Å²) in [4.78, 5) is 18.8. The summed E-state index contributed by atoms with van der Waals surface area (Å²) in [5.74, 6) is 0.895. The Kier molecular flexibility index (Phi) is 4.26. The second kappa shape index (κ2) is 6.86. The Morgan fingerprint density at radius 3 is 2.52 bits per heavy atom. The van der Waals surface area contributed by atoms with Gasteiger partial charge in [0, 0.05) is 17.7 Å². The molecule has 126 valence electrons. The summed E-state index contributed by atoms with van der Waals surface area (Å²) in [7, 11) is 0. The molecule has 1 amide bonds. The lowest BCUT2D eigenvalue weighted by atomic mass is 10.1. The molecule has 0 spiro atoms. The molecule has 0 saturated carbocycles. The molecular formula is C19H17N3O3. The van der Waals surface area contributed by atoms with Gasteiger partial charge >= 0.3 is 0 Å². The maximum Gasteiger partial charge on any atom is 0.257 e. The minimum absolute atomic E-state index is 0.0169. The molecule has 6 nitrogen and oxygen atoms in total. The highest BCUT2D eigenvalue weighted by molar-refractivity contribution is 5.94. The molecule has 4 rings (SSSR count).